The maximum Gasteiger partial charge on any atom is 0.573 e. The summed E-state index contributed by atoms with van der Waals surface area (Å²) in [5, 5.41) is 0. The van der Waals surface area contributed by atoms with Crippen molar-refractivity contribution >= 4 is 35.3 Å². The Kier molecular flexibility index (Phi) is 11.2. The predicted octanol–water partition coefficient (Wildman–Crippen LogP) is 8.84. The van der Waals surface area contributed by atoms with E-state index in [0.29, 0.717) is 33.8 Å². The Morgan fingerprint density at radius 3 is 1.54 bits per heavy atom. The highest BCUT2D eigenvalue weighted by molar-refractivity contribution is 8.05. The van der Waals surface area contributed by atoms with E-state index < -0.39 is 34.0 Å². The van der Waals surface area contributed by atoms with E-state index in [1.807, 2.05) is 0 Å². The molecule has 0 N–H and O–H groups in total. The van der Waals surface area contributed by atoms with Gasteiger partial charge in [-0.15, -0.1) is 49.9 Å². The van der Waals surface area contributed by atoms with Crippen molar-refractivity contribution in [3.8, 4) is 23.0 Å². The number of carbonyl (C=O) groups excluding carboxylic acids is 2. The lowest BCUT2D eigenvalue weighted by atomic mass is 9.86. The fourth-order valence-corrected chi connectivity index (χ4v) is 10.3. The SMILES string of the molecule is CCOc1ccccc1C1(C2(c3ccccc3OCC)SCC(=O)N2Cc2cccc(OC(F)(F)F)c2)SCC(=O)N1Cc1ccc(OC(F)(F)F)cc1. The number of ether oxygens (including phenoxy) is 4. The molecule has 54 heavy (non-hydrogen) atoms. The topological polar surface area (TPSA) is 77.5 Å². The van der Waals surface area contributed by atoms with Crippen molar-refractivity contribution in [1.82, 2.24) is 9.80 Å². The van der Waals surface area contributed by atoms with Crippen molar-refractivity contribution in [3.05, 3.63) is 119 Å². The molecule has 4 aromatic rings. The maximum atomic E-state index is 14.4. The quantitative estimate of drug-likeness (QED) is 0.124. The van der Waals surface area contributed by atoms with Gasteiger partial charge in [0.1, 0.15) is 23.0 Å². The lowest BCUT2D eigenvalue weighted by molar-refractivity contribution is -0.275. The first-order chi connectivity index (χ1) is 25.7. The summed E-state index contributed by atoms with van der Waals surface area (Å²) >= 11 is 2.50. The van der Waals surface area contributed by atoms with E-state index in [-0.39, 0.29) is 49.6 Å². The Morgan fingerprint density at radius 1 is 0.593 bits per heavy atom. The van der Waals surface area contributed by atoms with Crippen molar-refractivity contribution in [2.45, 2.75) is 49.4 Å². The van der Waals surface area contributed by atoms with Crippen LogP contribution in [0.25, 0.3) is 0 Å². The van der Waals surface area contributed by atoms with Gasteiger partial charge in [0.2, 0.25) is 11.8 Å². The molecule has 16 heteroatoms. The summed E-state index contributed by atoms with van der Waals surface area (Å²) in [5.41, 5.74) is 1.81. The van der Waals surface area contributed by atoms with Crippen molar-refractivity contribution in [2.75, 3.05) is 24.7 Å². The van der Waals surface area contributed by atoms with Crippen LogP contribution in [0.3, 0.4) is 0 Å². The third-order valence-electron chi connectivity index (χ3n) is 8.70. The van der Waals surface area contributed by atoms with E-state index in [1.54, 1.807) is 78.2 Å². The Balaban J connectivity index is 1.61. The van der Waals surface area contributed by atoms with Crippen LogP contribution >= 0.6 is 23.5 Å². The van der Waals surface area contributed by atoms with Crippen molar-refractivity contribution < 1.29 is 54.9 Å². The van der Waals surface area contributed by atoms with Crippen LogP contribution in [0.2, 0.25) is 0 Å². The number of hydrogen-bond donors (Lipinski definition) is 0. The van der Waals surface area contributed by atoms with Gasteiger partial charge in [-0.3, -0.25) is 9.59 Å². The molecule has 4 aromatic carbocycles. The third kappa shape index (κ3) is 7.76. The van der Waals surface area contributed by atoms with E-state index in [0.717, 1.165) is 18.2 Å². The van der Waals surface area contributed by atoms with Crippen molar-refractivity contribution in [1.29, 1.82) is 0 Å². The highest BCUT2D eigenvalue weighted by atomic mass is 32.2. The number of carbonyl (C=O) groups is 2. The minimum Gasteiger partial charge on any atom is -0.493 e. The normalized spacial score (nSPS) is 20.4. The second-order valence-electron chi connectivity index (χ2n) is 12.1. The molecule has 8 nitrogen and oxygen atoms in total. The molecule has 0 aliphatic carbocycles. The maximum absolute atomic E-state index is 14.4. The summed E-state index contributed by atoms with van der Waals surface area (Å²) in [4.78, 5) is 28.9. The molecule has 2 aliphatic rings. The molecule has 2 heterocycles. The van der Waals surface area contributed by atoms with E-state index in [4.69, 9.17) is 9.47 Å². The standard InChI is InChI=1S/C38H34F6N2O6S2/c1-3-49-31-14-7-5-12-29(31)35(45(33(47)23-53-35)21-25-16-18-27(19-17-25)51-37(39,40)41)36(30-13-6-8-15-32(30)50-4-2)46(34(48)24-54-36)22-26-10-9-11-28(20-26)52-38(42,43)44/h5-20H,3-4,21-24H2,1-2H3. The predicted molar refractivity (Wildman–Crippen MR) is 191 cm³/mol. The van der Waals surface area contributed by atoms with Gasteiger partial charge in [0, 0.05) is 24.2 Å². The van der Waals surface area contributed by atoms with E-state index in [9.17, 15) is 35.9 Å². The smallest absolute Gasteiger partial charge is 0.493 e. The molecule has 0 saturated carbocycles. The van der Waals surface area contributed by atoms with Gasteiger partial charge in [-0.1, -0.05) is 60.7 Å². The van der Waals surface area contributed by atoms with Crippen molar-refractivity contribution in [2.24, 2.45) is 0 Å². The summed E-state index contributed by atoms with van der Waals surface area (Å²) in [6.07, 6.45) is -9.86. The first kappa shape index (κ1) is 39.0. The number of amides is 2. The van der Waals surface area contributed by atoms with Crippen LogP contribution in [0, 0.1) is 0 Å². The first-order valence-corrected chi connectivity index (χ1v) is 18.7. The second kappa shape index (κ2) is 15.6. The molecule has 2 saturated heterocycles. The Labute approximate surface area is 315 Å². The molecule has 2 amide bonds. The number of hydrogen-bond acceptors (Lipinski definition) is 8. The molecule has 2 atom stereocenters. The molecule has 2 unspecified atom stereocenters. The lowest BCUT2D eigenvalue weighted by Crippen LogP contribution is -2.61. The van der Waals surface area contributed by atoms with Gasteiger partial charge in [0.05, 0.1) is 24.7 Å². The second-order valence-corrected chi connectivity index (χ2v) is 14.4. The van der Waals surface area contributed by atoms with E-state index >= 15 is 0 Å². The minimum atomic E-state index is -4.95. The number of nitrogens with zero attached hydrogens (tertiary/aromatic N) is 2. The Hall–Kier alpha value is -4.70. The van der Waals surface area contributed by atoms with Crippen LogP contribution in [-0.2, 0) is 32.4 Å². The van der Waals surface area contributed by atoms with Gasteiger partial charge in [-0.2, -0.15) is 0 Å². The summed E-state index contributed by atoms with van der Waals surface area (Å²) in [7, 11) is 0. The average Bonchev–Trinajstić information content (AvgIpc) is 3.62. The zero-order valence-electron chi connectivity index (χ0n) is 28.9. The number of thioether (sulfide) groups is 2. The lowest BCUT2D eigenvalue weighted by Gasteiger charge is -2.54. The third-order valence-corrected chi connectivity index (χ3v) is 11.9. The van der Waals surface area contributed by atoms with Gasteiger partial charge >= 0.3 is 12.7 Å². The summed E-state index contributed by atoms with van der Waals surface area (Å²) < 4.78 is 99.5. The number of rotatable bonds is 13. The zero-order valence-corrected chi connectivity index (χ0v) is 30.5. The van der Waals surface area contributed by atoms with Crippen LogP contribution in [0.4, 0.5) is 26.3 Å². The van der Waals surface area contributed by atoms with Crippen LogP contribution < -0.4 is 18.9 Å². The van der Waals surface area contributed by atoms with Gasteiger partial charge < -0.3 is 28.7 Å². The molecule has 2 aliphatic heterocycles. The number of benzene rings is 4. The summed E-state index contributed by atoms with van der Waals surface area (Å²) in [6.45, 7) is 3.77. The highest BCUT2D eigenvalue weighted by Gasteiger charge is 2.69. The number of alkyl halides is 6. The first-order valence-electron chi connectivity index (χ1n) is 16.7. The van der Waals surface area contributed by atoms with E-state index in [1.165, 1.54) is 47.8 Å². The Morgan fingerprint density at radius 2 is 1.06 bits per heavy atom. The van der Waals surface area contributed by atoms with Gasteiger partial charge in [-0.05, 0) is 61.4 Å². The molecule has 286 valence electrons. The number of para-hydroxylation sites is 2. The highest BCUT2D eigenvalue weighted by Crippen LogP contribution is 2.68. The Bertz CT molecular complexity index is 1980. The van der Waals surface area contributed by atoms with Gasteiger partial charge in [0.25, 0.3) is 0 Å². The molecule has 2 fully saturated rings. The molecular formula is C38H34F6N2O6S2. The molecule has 0 aromatic heterocycles. The van der Waals surface area contributed by atoms with E-state index in [2.05, 4.69) is 9.47 Å². The summed E-state index contributed by atoms with van der Waals surface area (Å²) in [6, 6.07) is 24.7. The molecule has 6 rings (SSSR count). The molecule has 0 radical (unpaired) electrons. The summed E-state index contributed by atoms with van der Waals surface area (Å²) in [5.74, 6) is -0.941. The monoisotopic (exact) mass is 792 g/mol. The van der Waals surface area contributed by atoms with Gasteiger partial charge in [-0.25, -0.2) is 0 Å². The van der Waals surface area contributed by atoms with Crippen molar-refractivity contribution in [3.63, 3.8) is 0 Å². The van der Waals surface area contributed by atoms with Crippen LogP contribution in [0.5, 0.6) is 23.0 Å². The minimum absolute atomic E-state index is 0.0637. The van der Waals surface area contributed by atoms with Crippen LogP contribution in [0.1, 0.15) is 36.1 Å². The fraction of sp³-hybridized carbons (Fsp3) is 0.316. The average molecular weight is 793 g/mol. The molecule has 0 bridgehead atoms. The zero-order chi connectivity index (χ0) is 38.7. The van der Waals surface area contributed by atoms with Crippen LogP contribution in [0.15, 0.2) is 97.1 Å². The number of halogens is 6. The molecule has 0 spiro atoms. The van der Waals surface area contributed by atoms with Gasteiger partial charge in [0.15, 0.2) is 9.74 Å². The molecular weight excluding hydrogens is 759 g/mol. The largest absolute Gasteiger partial charge is 0.573 e. The fourth-order valence-electron chi connectivity index (χ4n) is 6.83. The van der Waals surface area contributed by atoms with Crippen LogP contribution in [-0.4, -0.2) is 59.1 Å².